The lowest BCUT2D eigenvalue weighted by Gasteiger charge is -1.78. The maximum Gasteiger partial charge on any atom is 0.00638 e. The van der Waals surface area contributed by atoms with Gasteiger partial charge in [-0.05, 0) is 19.4 Å². The van der Waals surface area contributed by atoms with Crippen LogP contribution in [0, 0.1) is 11.8 Å². The lowest BCUT2D eigenvalue weighted by atomic mass is 10.3. The van der Waals surface area contributed by atoms with E-state index in [0.29, 0.717) is 0 Å². The summed E-state index contributed by atoms with van der Waals surface area (Å²) >= 11 is 0. The lowest BCUT2D eigenvalue weighted by molar-refractivity contribution is 1.28. The fraction of sp³-hybridized carbons (Fsp3) is 0.500. The molecule has 0 aromatic carbocycles. The maximum absolute atomic E-state index is 2.99. The Bertz CT molecular complexity index is 130. The number of rotatable bonds is 0. The predicted molar refractivity (Wildman–Crippen MR) is 37.5 cm³/mol. The smallest absolute Gasteiger partial charge is 0.00638 e. The Morgan fingerprint density at radius 3 is 2.62 bits per heavy atom. The Morgan fingerprint density at radius 2 is 2.25 bits per heavy atom. The van der Waals surface area contributed by atoms with Crippen molar-refractivity contribution in [1.29, 1.82) is 0 Å². The van der Waals surface area contributed by atoms with E-state index in [-0.39, 0.29) is 0 Å². The van der Waals surface area contributed by atoms with Crippen molar-refractivity contribution >= 4 is 0 Å². The molecule has 0 nitrogen and oxygen atoms in total. The molecule has 0 saturated carbocycles. The molecule has 0 aromatic heterocycles. The first-order chi connectivity index (χ1) is 3.81. The Morgan fingerprint density at radius 1 is 1.62 bits per heavy atom. The van der Waals surface area contributed by atoms with E-state index in [1.54, 1.807) is 0 Å². The quantitative estimate of drug-likeness (QED) is 0.418. The highest BCUT2D eigenvalue weighted by Gasteiger charge is 1.70. The van der Waals surface area contributed by atoms with E-state index in [0.717, 1.165) is 12.0 Å². The van der Waals surface area contributed by atoms with Crippen LogP contribution in [0.1, 0.15) is 27.2 Å². The highest BCUT2D eigenvalue weighted by Crippen LogP contribution is 1.86. The number of hydrogen-bond acceptors (Lipinski definition) is 0. The minimum absolute atomic E-state index is 0.950. The summed E-state index contributed by atoms with van der Waals surface area (Å²) in [4.78, 5) is 0. The molecule has 0 amide bonds. The molecule has 8 heavy (non-hydrogen) atoms. The molecule has 0 bridgehead atoms. The molecule has 0 aliphatic heterocycles. The molecule has 0 atom stereocenters. The van der Waals surface area contributed by atoms with Crippen LogP contribution in [0.15, 0.2) is 11.6 Å². The second kappa shape index (κ2) is 4.46. The van der Waals surface area contributed by atoms with Crippen molar-refractivity contribution in [3.8, 4) is 11.8 Å². The largest absolute Gasteiger partial charge is 0.0985 e. The molecule has 0 radical (unpaired) electrons. The fourth-order valence-electron chi connectivity index (χ4n) is 0.300. The van der Waals surface area contributed by atoms with E-state index in [1.807, 2.05) is 19.9 Å². The van der Waals surface area contributed by atoms with Crippen LogP contribution < -0.4 is 0 Å². The third-order valence-electron chi connectivity index (χ3n) is 0.895. The van der Waals surface area contributed by atoms with Crippen molar-refractivity contribution in [2.24, 2.45) is 0 Å². The molecule has 0 aliphatic rings. The molecule has 0 saturated heterocycles. The average molecular weight is 108 g/mol. The van der Waals surface area contributed by atoms with Gasteiger partial charge in [0.2, 0.25) is 0 Å². The van der Waals surface area contributed by atoms with Gasteiger partial charge in [0, 0.05) is 6.42 Å². The molecule has 0 heteroatoms. The summed E-state index contributed by atoms with van der Waals surface area (Å²) in [6.07, 6.45) is 2.97. The van der Waals surface area contributed by atoms with Crippen molar-refractivity contribution in [2.45, 2.75) is 27.2 Å². The zero-order chi connectivity index (χ0) is 6.41. The maximum atomic E-state index is 2.99. The molecule has 0 aliphatic carbocycles. The molecular formula is C8H12. The molecule has 0 spiro atoms. The summed E-state index contributed by atoms with van der Waals surface area (Å²) in [5.41, 5.74) is 1.16. The second-order valence-electron chi connectivity index (χ2n) is 1.63. The molecule has 0 heterocycles. The summed E-state index contributed by atoms with van der Waals surface area (Å²) < 4.78 is 0. The van der Waals surface area contributed by atoms with Crippen LogP contribution in [0.4, 0.5) is 0 Å². The third kappa shape index (κ3) is 3.49. The van der Waals surface area contributed by atoms with Gasteiger partial charge in [0.15, 0.2) is 0 Å². The Labute approximate surface area is 51.6 Å². The zero-order valence-corrected chi connectivity index (χ0v) is 5.78. The predicted octanol–water partition coefficient (Wildman–Crippen LogP) is 2.37. The van der Waals surface area contributed by atoms with E-state index >= 15 is 0 Å². The third-order valence-corrected chi connectivity index (χ3v) is 0.895. The summed E-state index contributed by atoms with van der Waals surface area (Å²) in [5.74, 6) is 5.97. The molecule has 0 unspecified atom stereocenters. The Balaban J connectivity index is 3.69. The highest BCUT2D eigenvalue weighted by atomic mass is 13.8. The fourth-order valence-corrected chi connectivity index (χ4v) is 0.300. The standard InChI is InChI=1S/C8H12/c1-4-6-7-8(3)5-2/h5H,4H2,1-3H3. The Kier molecular flexibility index (Phi) is 4.07. The van der Waals surface area contributed by atoms with Gasteiger partial charge in [0.05, 0.1) is 0 Å². The van der Waals surface area contributed by atoms with Crippen molar-refractivity contribution in [1.82, 2.24) is 0 Å². The van der Waals surface area contributed by atoms with Crippen LogP contribution in [0.5, 0.6) is 0 Å². The van der Waals surface area contributed by atoms with Crippen molar-refractivity contribution in [3.05, 3.63) is 11.6 Å². The molecule has 0 N–H and O–H groups in total. The topological polar surface area (TPSA) is 0 Å². The van der Waals surface area contributed by atoms with Gasteiger partial charge in [-0.15, -0.1) is 0 Å². The van der Waals surface area contributed by atoms with Gasteiger partial charge >= 0.3 is 0 Å². The van der Waals surface area contributed by atoms with Gasteiger partial charge in [-0.3, -0.25) is 0 Å². The monoisotopic (exact) mass is 108 g/mol. The van der Waals surface area contributed by atoms with E-state index in [1.165, 1.54) is 0 Å². The van der Waals surface area contributed by atoms with Crippen LogP contribution in [-0.4, -0.2) is 0 Å². The van der Waals surface area contributed by atoms with Gasteiger partial charge in [0.25, 0.3) is 0 Å². The van der Waals surface area contributed by atoms with Crippen LogP contribution in [0.3, 0.4) is 0 Å². The van der Waals surface area contributed by atoms with Crippen molar-refractivity contribution in [2.75, 3.05) is 0 Å². The molecule has 44 valence electrons. The van der Waals surface area contributed by atoms with Crippen molar-refractivity contribution in [3.63, 3.8) is 0 Å². The molecular weight excluding hydrogens is 96.1 g/mol. The van der Waals surface area contributed by atoms with E-state index < -0.39 is 0 Å². The van der Waals surface area contributed by atoms with Gasteiger partial charge < -0.3 is 0 Å². The summed E-state index contributed by atoms with van der Waals surface area (Å²) in [6, 6.07) is 0. The van der Waals surface area contributed by atoms with Gasteiger partial charge in [-0.1, -0.05) is 24.8 Å². The van der Waals surface area contributed by atoms with Crippen LogP contribution >= 0.6 is 0 Å². The summed E-state index contributed by atoms with van der Waals surface area (Å²) in [5, 5.41) is 0. The van der Waals surface area contributed by atoms with E-state index in [9.17, 15) is 0 Å². The SMILES string of the molecule is CC=C(C)C#CCC. The molecule has 0 rings (SSSR count). The van der Waals surface area contributed by atoms with Gasteiger partial charge in [0.1, 0.15) is 0 Å². The second-order valence-corrected chi connectivity index (χ2v) is 1.63. The first-order valence-corrected chi connectivity index (χ1v) is 2.93. The number of hydrogen-bond donors (Lipinski definition) is 0. The van der Waals surface area contributed by atoms with Crippen LogP contribution in [0.25, 0.3) is 0 Å². The summed E-state index contributed by atoms with van der Waals surface area (Å²) in [6.45, 7) is 6.07. The van der Waals surface area contributed by atoms with Crippen LogP contribution in [0.2, 0.25) is 0 Å². The summed E-state index contributed by atoms with van der Waals surface area (Å²) in [7, 11) is 0. The molecule has 0 aromatic rings. The minimum atomic E-state index is 0.950. The normalized spacial score (nSPS) is 10.1. The Hall–Kier alpha value is -0.700. The zero-order valence-electron chi connectivity index (χ0n) is 5.78. The molecule has 0 fully saturated rings. The van der Waals surface area contributed by atoms with Gasteiger partial charge in [-0.2, -0.15) is 0 Å². The lowest BCUT2D eigenvalue weighted by Crippen LogP contribution is -1.63. The first kappa shape index (κ1) is 7.30. The van der Waals surface area contributed by atoms with Crippen LogP contribution in [-0.2, 0) is 0 Å². The van der Waals surface area contributed by atoms with Gasteiger partial charge in [-0.25, -0.2) is 0 Å². The van der Waals surface area contributed by atoms with Crippen molar-refractivity contribution < 1.29 is 0 Å². The first-order valence-electron chi connectivity index (χ1n) is 2.93. The average Bonchev–Trinajstić information content (AvgIpc) is 1.83. The van der Waals surface area contributed by atoms with E-state index in [2.05, 4.69) is 18.8 Å². The number of allylic oxidation sites excluding steroid dienone is 2. The highest BCUT2D eigenvalue weighted by molar-refractivity contribution is 5.25. The van der Waals surface area contributed by atoms with E-state index in [4.69, 9.17) is 0 Å². The minimum Gasteiger partial charge on any atom is -0.0985 e.